The van der Waals surface area contributed by atoms with Gasteiger partial charge in [-0.2, -0.15) is 5.10 Å². The molecule has 0 aliphatic heterocycles. The first-order valence-electron chi connectivity index (χ1n) is 4.85. The molecule has 2 heterocycles. The summed E-state index contributed by atoms with van der Waals surface area (Å²) in [4.78, 5) is 8.46. The van der Waals surface area contributed by atoms with Crippen LogP contribution in [0.5, 0.6) is 0 Å². The molecule has 2 rings (SSSR count). The number of nitrogens with two attached hydrogens (primary N) is 1. The first-order valence-corrected chi connectivity index (χ1v) is 5.83. The minimum absolute atomic E-state index is 0.515. The number of rotatable bonds is 3. The quantitative estimate of drug-likeness (QED) is 0.643. The summed E-state index contributed by atoms with van der Waals surface area (Å²) >= 11 is 1.56. The molecule has 16 heavy (non-hydrogen) atoms. The third kappa shape index (κ3) is 2.73. The third-order valence-corrected chi connectivity index (χ3v) is 2.90. The maximum absolute atomic E-state index is 5.65. The molecule has 0 spiro atoms. The average Bonchev–Trinajstić information content (AvgIpc) is 2.60. The van der Waals surface area contributed by atoms with Crippen LogP contribution in [0, 0.1) is 6.92 Å². The van der Waals surface area contributed by atoms with Crippen LogP contribution in [-0.2, 0) is 12.8 Å². The maximum atomic E-state index is 5.65. The van der Waals surface area contributed by atoms with Crippen LogP contribution in [0.3, 0.4) is 0 Å². The van der Waals surface area contributed by atoms with E-state index < -0.39 is 0 Å². The number of hydrogen-bond acceptors (Lipinski definition) is 5. The van der Waals surface area contributed by atoms with E-state index in [0.29, 0.717) is 11.0 Å². The molecular formula is C10H13N5S. The summed E-state index contributed by atoms with van der Waals surface area (Å²) in [5, 5.41) is 4.81. The van der Waals surface area contributed by atoms with Crippen molar-refractivity contribution in [3.63, 3.8) is 0 Å². The van der Waals surface area contributed by atoms with Crippen molar-refractivity contribution < 1.29 is 0 Å². The number of nitrogens with zero attached hydrogens (tertiary/aromatic N) is 4. The average molecular weight is 235 g/mol. The fraction of sp³-hybridized carbons (Fsp3) is 0.300. The molecule has 0 fully saturated rings. The number of nitrogen functional groups attached to an aromatic ring is 1. The summed E-state index contributed by atoms with van der Waals surface area (Å²) < 4.78 is 1.78. The molecule has 6 heteroatoms. The van der Waals surface area contributed by atoms with E-state index in [2.05, 4.69) is 15.1 Å². The van der Waals surface area contributed by atoms with Gasteiger partial charge < -0.3 is 5.73 Å². The zero-order valence-electron chi connectivity index (χ0n) is 9.21. The molecule has 0 saturated heterocycles. The van der Waals surface area contributed by atoms with E-state index in [-0.39, 0.29) is 0 Å². The predicted molar refractivity (Wildman–Crippen MR) is 64.0 cm³/mol. The maximum Gasteiger partial charge on any atom is 0.190 e. The van der Waals surface area contributed by atoms with Crippen LogP contribution >= 0.6 is 11.8 Å². The Morgan fingerprint density at radius 2 is 2.25 bits per heavy atom. The molecule has 0 atom stereocenters. The lowest BCUT2D eigenvalue weighted by atomic mass is 10.4. The normalized spacial score (nSPS) is 10.6. The fourth-order valence-corrected chi connectivity index (χ4v) is 2.15. The summed E-state index contributed by atoms with van der Waals surface area (Å²) in [6.07, 6.45) is 3.82. The van der Waals surface area contributed by atoms with Crippen LogP contribution in [0.15, 0.2) is 23.6 Å². The summed E-state index contributed by atoms with van der Waals surface area (Å²) in [6.45, 7) is 1.91. The van der Waals surface area contributed by atoms with Gasteiger partial charge in [0.15, 0.2) is 5.16 Å². The highest BCUT2D eigenvalue weighted by Crippen LogP contribution is 2.19. The molecule has 0 aliphatic rings. The van der Waals surface area contributed by atoms with E-state index in [4.69, 9.17) is 5.73 Å². The standard InChI is InChI=1S/C10H13N5S/c1-7-3-9(11)14-10(13-7)16-6-8-4-12-15(2)5-8/h3-5H,6H2,1-2H3,(H2,11,13,14). The highest BCUT2D eigenvalue weighted by atomic mass is 32.2. The van der Waals surface area contributed by atoms with Crippen molar-refractivity contribution in [1.82, 2.24) is 19.7 Å². The second-order valence-electron chi connectivity index (χ2n) is 3.53. The first kappa shape index (κ1) is 10.9. The molecule has 0 bridgehead atoms. The minimum Gasteiger partial charge on any atom is -0.384 e. The Labute approximate surface area is 98.1 Å². The van der Waals surface area contributed by atoms with Crippen LogP contribution in [-0.4, -0.2) is 19.7 Å². The zero-order chi connectivity index (χ0) is 11.5. The van der Waals surface area contributed by atoms with Crippen molar-refractivity contribution >= 4 is 17.6 Å². The van der Waals surface area contributed by atoms with Gasteiger partial charge in [0.1, 0.15) is 5.82 Å². The van der Waals surface area contributed by atoms with Gasteiger partial charge in [-0.25, -0.2) is 9.97 Å². The van der Waals surface area contributed by atoms with Crippen molar-refractivity contribution in [2.24, 2.45) is 7.05 Å². The van der Waals surface area contributed by atoms with E-state index in [0.717, 1.165) is 17.0 Å². The van der Waals surface area contributed by atoms with Gasteiger partial charge in [0, 0.05) is 36.3 Å². The van der Waals surface area contributed by atoms with E-state index in [1.165, 1.54) is 0 Å². The predicted octanol–water partition coefficient (Wildman–Crippen LogP) is 1.39. The number of aryl methyl sites for hydroxylation is 2. The molecule has 0 aromatic carbocycles. The first-order chi connectivity index (χ1) is 7.63. The molecule has 0 radical (unpaired) electrons. The molecular weight excluding hydrogens is 222 g/mol. The molecule has 0 amide bonds. The van der Waals surface area contributed by atoms with Gasteiger partial charge in [0.05, 0.1) is 6.20 Å². The number of anilines is 1. The largest absolute Gasteiger partial charge is 0.384 e. The molecule has 2 N–H and O–H groups in total. The molecule has 84 valence electrons. The highest BCUT2D eigenvalue weighted by Gasteiger charge is 2.02. The van der Waals surface area contributed by atoms with Crippen LogP contribution in [0.25, 0.3) is 0 Å². The number of aromatic nitrogens is 4. The second-order valence-corrected chi connectivity index (χ2v) is 4.47. The lowest BCUT2D eigenvalue weighted by Crippen LogP contribution is -1.96. The highest BCUT2D eigenvalue weighted by molar-refractivity contribution is 7.98. The van der Waals surface area contributed by atoms with E-state index in [1.807, 2.05) is 26.4 Å². The van der Waals surface area contributed by atoms with Gasteiger partial charge in [-0.1, -0.05) is 11.8 Å². The van der Waals surface area contributed by atoms with Crippen molar-refractivity contribution in [2.75, 3.05) is 5.73 Å². The molecule has 2 aromatic rings. The molecule has 0 unspecified atom stereocenters. The Morgan fingerprint density at radius 1 is 1.44 bits per heavy atom. The van der Waals surface area contributed by atoms with Crippen molar-refractivity contribution in [1.29, 1.82) is 0 Å². The summed E-state index contributed by atoms with van der Waals surface area (Å²) in [6, 6.07) is 1.76. The Hall–Kier alpha value is -1.56. The summed E-state index contributed by atoms with van der Waals surface area (Å²) in [5.74, 6) is 1.32. The summed E-state index contributed by atoms with van der Waals surface area (Å²) in [5.41, 5.74) is 7.69. The minimum atomic E-state index is 0.515. The van der Waals surface area contributed by atoms with Crippen molar-refractivity contribution in [3.8, 4) is 0 Å². The third-order valence-electron chi connectivity index (χ3n) is 1.98. The molecule has 2 aromatic heterocycles. The monoisotopic (exact) mass is 235 g/mol. The lowest BCUT2D eigenvalue weighted by Gasteiger charge is -2.01. The Morgan fingerprint density at radius 3 is 2.88 bits per heavy atom. The molecule has 0 aliphatic carbocycles. The molecule has 5 nitrogen and oxygen atoms in total. The topological polar surface area (TPSA) is 69.6 Å². The van der Waals surface area contributed by atoms with Gasteiger partial charge in [-0.05, 0) is 6.92 Å². The van der Waals surface area contributed by atoms with E-state index in [1.54, 1.807) is 22.5 Å². The van der Waals surface area contributed by atoms with Crippen molar-refractivity contribution in [2.45, 2.75) is 17.8 Å². The van der Waals surface area contributed by atoms with Crippen molar-refractivity contribution in [3.05, 3.63) is 29.7 Å². The van der Waals surface area contributed by atoms with Gasteiger partial charge in [0.2, 0.25) is 0 Å². The van der Waals surface area contributed by atoms with Crippen LogP contribution in [0.1, 0.15) is 11.3 Å². The Balaban J connectivity index is 2.04. The van der Waals surface area contributed by atoms with Crippen LogP contribution < -0.4 is 5.73 Å². The van der Waals surface area contributed by atoms with Crippen LogP contribution in [0.2, 0.25) is 0 Å². The van der Waals surface area contributed by atoms with Gasteiger partial charge in [0.25, 0.3) is 0 Å². The second kappa shape index (κ2) is 4.52. The number of thioether (sulfide) groups is 1. The SMILES string of the molecule is Cc1cc(N)nc(SCc2cnn(C)c2)n1. The summed E-state index contributed by atoms with van der Waals surface area (Å²) in [7, 11) is 1.90. The zero-order valence-corrected chi connectivity index (χ0v) is 10.0. The van der Waals surface area contributed by atoms with E-state index >= 15 is 0 Å². The van der Waals surface area contributed by atoms with Gasteiger partial charge in [-0.15, -0.1) is 0 Å². The lowest BCUT2D eigenvalue weighted by molar-refractivity contribution is 0.767. The fourth-order valence-electron chi connectivity index (χ4n) is 1.32. The Kier molecular flexibility index (Phi) is 3.09. The van der Waals surface area contributed by atoms with Gasteiger partial charge in [-0.3, -0.25) is 4.68 Å². The van der Waals surface area contributed by atoms with Gasteiger partial charge >= 0.3 is 0 Å². The van der Waals surface area contributed by atoms with E-state index in [9.17, 15) is 0 Å². The van der Waals surface area contributed by atoms with Crippen LogP contribution in [0.4, 0.5) is 5.82 Å². The smallest absolute Gasteiger partial charge is 0.190 e. The molecule has 0 saturated carbocycles. The number of hydrogen-bond donors (Lipinski definition) is 1. The Bertz CT molecular complexity index is 473.